The van der Waals surface area contributed by atoms with Crippen LogP contribution in [-0.2, 0) is 4.79 Å². The average molecular weight is 228 g/mol. The van der Waals surface area contributed by atoms with Crippen LogP contribution >= 0.6 is 0 Å². The van der Waals surface area contributed by atoms with Crippen LogP contribution in [0.1, 0.15) is 65.2 Å². The van der Waals surface area contributed by atoms with Gasteiger partial charge in [0.2, 0.25) is 5.91 Å². The molecule has 0 aliphatic carbocycles. The van der Waals surface area contributed by atoms with Gasteiger partial charge in [-0.25, -0.2) is 0 Å². The molecule has 1 amide bonds. The van der Waals surface area contributed by atoms with Crippen molar-refractivity contribution in [2.75, 3.05) is 6.54 Å². The summed E-state index contributed by atoms with van der Waals surface area (Å²) in [5.41, 5.74) is 5.43. The Kier molecular flexibility index (Phi) is 10.5. The Labute approximate surface area is 100 Å². The Morgan fingerprint density at radius 2 is 1.56 bits per heavy atom. The van der Waals surface area contributed by atoms with Crippen LogP contribution in [0.15, 0.2) is 0 Å². The molecule has 3 N–H and O–H groups in total. The minimum atomic E-state index is -0.381. The zero-order valence-corrected chi connectivity index (χ0v) is 10.9. The van der Waals surface area contributed by atoms with E-state index in [1.807, 2.05) is 0 Å². The van der Waals surface area contributed by atoms with Gasteiger partial charge in [0.05, 0.1) is 6.04 Å². The molecular formula is C13H28N2O. The van der Waals surface area contributed by atoms with Gasteiger partial charge in [-0.05, 0) is 13.3 Å². The summed E-state index contributed by atoms with van der Waals surface area (Å²) in [4.78, 5) is 11.1. The van der Waals surface area contributed by atoms with Crippen LogP contribution in [0.5, 0.6) is 0 Å². The zero-order chi connectivity index (χ0) is 12.2. The molecule has 0 spiro atoms. The third-order valence-electron chi connectivity index (χ3n) is 2.74. The number of amides is 1. The molecule has 1 atom stereocenters. The van der Waals surface area contributed by atoms with Crippen LogP contribution in [0.2, 0.25) is 0 Å². The lowest BCUT2D eigenvalue weighted by Gasteiger charge is -2.07. The molecule has 0 saturated heterocycles. The second kappa shape index (κ2) is 10.9. The summed E-state index contributed by atoms with van der Waals surface area (Å²) in [7, 11) is 0. The molecule has 0 aromatic heterocycles. The molecule has 0 rings (SSSR count). The second-order valence-electron chi connectivity index (χ2n) is 4.55. The lowest BCUT2D eigenvalue weighted by Crippen LogP contribution is -2.38. The number of hydrogen-bond donors (Lipinski definition) is 2. The van der Waals surface area contributed by atoms with Crippen LogP contribution < -0.4 is 11.1 Å². The van der Waals surface area contributed by atoms with Gasteiger partial charge < -0.3 is 11.1 Å². The molecule has 3 heteroatoms. The van der Waals surface area contributed by atoms with Crippen molar-refractivity contribution in [3.8, 4) is 0 Å². The summed E-state index contributed by atoms with van der Waals surface area (Å²) in [6.45, 7) is 4.72. The molecule has 0 radical (unpaired) electrons. The Hall–Kier alpha value is -0.570. The molecule has 0 fully saturated rings. The van der Waals surface area contributed by atoms with Gasteiger partial charge in [0.25, 0.3) is 0 Å². The van der Waals surface area contributed by atoms with Crippen molar-refractivity contribution < 1.29 is 4.79 Å². The molecule has 3 nitrogen and oxygen atoms in total. The molecule has 0 saturated carbocycles. The molecule has 0 aromatic rings. The van der Waals surface area contributed by atoms with E-state index in [0.29, 0.717) is 0 Å². The van der Waals surface area contributed by atoms with E-state index in [9.17, 15) is 4.79 Å². The van der Waals surface area contributed by atoms with Gasteiger partial charge in [-0.2, -0.15) is 0 Å². The minimum Gasteiger partial charge on any atom is -0.355 e. The van der Waals surface area contributed by atoms with E-state index < -0.39 is 0 Å². The predicted octanol–water partition coefficient (Wildman–Crippen LogP) is 2.59. The van der Waals surface area contributed by atoms with Gasteiger partial charge in [-0.3, -0.25) is 4.79 Å². The number of hydrogen-bond acceptors (Lipinski definition) is 2. The van der Waals surface area contributed by atoms with Crippen LogP contribution in [0.4, 0.5) is 0 Å². The maximum Gasteiger partial charge on any atom is 0.236 e. The lowest BCUT2D eigenvalue weighted by atomic mass is 10.1. The first kappa shape index (κ1) is 15.4. The van der Waals surface area contributed by atoms with E-state index >= 15 is 0 Å². The number of carbonyl (C=O) groups is 1. The summed E-state index contributed by atoms with van der Waals surface area (Å²) in [5, 5.41) is 2.83. The maximum atomic E-state index is 11.1. The summed E-state index contributed by atoms with van der Waals surface area (Å²) >= 11 is 0. The molecule has 0 bridgehead atoms. The standard InChI is InChI=1S/C13H28N2O/c1-3-4-5-6-7-8-9-10-11-15-13(16)12(2)14/h12H,3-11,14H2,1-2H3,(H,15,16)/t12-/m0/s1. The summed E-state index contributed by atoms with van der Waals surface area (Å²) in [6.07, 6.45) is 10.3. The highest BCUT2D eigenvalue weighted by Gasteiger charge is 2.04. The van der Waals surface area contributed by atoms with Crippen molar-refractivity contribution in [1.29, 1.82) is 0 Å². The van der Waals surface area contributed by atoms with E-state index in [1.165, 1.54) is 44.9 Å². The van der Waals surface area contributed by atoms with Crippen molar-refractivity contribution in [2.45, 2.75) is 71.3 Å². The third-order valence-corrected chi connectivity index (χ3v) is 2.74. The van der Waals surface area contributed by atoms with Gasteiger partial charge in [0, 0.05) is 6.54 Å². The number of carbonyl (C=O) groups excluding carboxylic acids is 1. The topological polar surface area (TPSA) is 55.1 Å². The summed E-state index contributed by atoms with van der Waals surface area (Å²) in [6, 6.07) is -0.381. The monoisotopic (exact) mass is 228 g/mol. The normalized spacial score (nSPS) is 12.4. The molecule has 0 aromatic carbocycles. The highest BCUT2D eigenvalue weighted by atomic mass is 16.2. The van der Waals surface area contributed by atoms with Gasteiger partial charge in [-0.15, -0.1) is 0 Å². The predicted molar refractivity (Wildman–Crippen MR) is 69.3 cm³/mol. The van der Waals surface area contributed by atoms with Crippen molar-refractivity contribution in [1.82, 2.24) is 5.32 Å². The number of nitrogens with two attached hydrogens (primary N) is 1. The van der Waals surface area contributed by atoms with Gasteiger partial charge in [-0.1, -0.05) is 51.9 Å². The zero-order valence-electron chi connectivity index (χ0n) is 10.9. The van der Waals surface area contributed by atoms with Crippen molar-refractivity contribution in [2.24, 2.45) is 5.73 Å². The SMILES string of the molecule is CCCCCCCCCCNC(=O)[C@H](C)N. The van der Waals surface area contributed by atoms with Gasteiger partial charge in [0.1, 0.15) is 0 Å². The van der Waals surface area contributed by atoms with E-state index in [0.717, 1.165) is 13.0 Å². The first-order chi connectivity index (χ1) is 7.68. The molecular weight excluding hydrogens is 200 g/mol. The Balaban J connectivity index is 3.07. The fraction of sp³-hybridized carbons (Fsp3) is 0.923. The fourth-order valence-electron chi connectivity index (χ4n) is 1.63. The summed E-state index contributed by atoms with van der Waals surface area (Å²) in [5.74, 6) is -0.0389. The largest absolute Gasteiger partial charge is 0.355 e. The molecule has 96 valence electrons. The highest BCUT2D eigenvalue weighted by molar-refractivity contribution is 5.80. The Bertz CT molecular complexity index is 169. The van der Waals surface area contributed by atoms with Crippen LogP contribution in [0.25, 0.3) is 0 Å². The average Bonchev–Trinajstić information content (AvgIpc) is 2.26. The molecule has 0 unspecified atom stereocenters. The number of nitrogens with one attached hydrogen (secondary N) is 1. The third kappa shape index (κ3) is 9.97. The van der Waals surface area contributed by atoms with E-state index in [-0.39, 0.29) is 11.9 Å². The maximum absolute atomic E-state index is 11.1. The fourth-order valence-corrected chi connectivity index (χ4v) is 1.63. The quantitative estimate of drug-likeness (QED) is 0.565. The summed E-state index contributed by atoms with van der Waals surface area (Å²) < 4.78 is 0. The van der Waals surface area contributed by atoms with Crippen LogP contribution in [-0.4, -0.2) is 18.5 Å². The first-order valence-corrected chi connectivity index (χ1v) is 6.71. The second-order valence-corrected chi connectivity index (χ2v) is 4.55. The Morgan fingerprint density at radius 3 is 2.06 bits per heavy atom. The van der Waals surface area contributed by atoms with Crippen molar-refractivity contribution in [3.63, 3.8) is 0 Å². The molecule has 0 heterocycles. The van der Waals surface area contributed by atoms with Gasteiger partial charge in [0.15, 0.2) is 0 Å². The highest BCUT2D eigenvalue weighted by Crippen LogP contribution is 2.07. The van der Waals surface area contributed by atoms with Crippen LogP contribution in [0, 0.1) is 0 Å². The van der Waals surface area contributed by atoms with Gasteiger partial charge >= 0.3 is 0 Å². The van der Waals surface area contributed by atoms with E-state index in [1.54, 1.807) is 6.92 Å². The molecule has 0 aliphatic heterocycles. The van der Waals surface area contributed by atoms with E-state index in [2.05, 4.69) is 12.2 Å². The van der Waals surface area contributed by atoms with E-state index in [4.69, 9.17) is 5.73 Å². The number of rotatable bonds is 10. The molecule has 16 heavy (non-hydrogen) atoms. The van der Waals surface area contributed by atoms with Crippen molar-refractivity contribution >= 4 is 5.91 Å². The molecule has 0 aliphatic rings. The Morgan fingerprint density at radius 1 is 1.06 bits per heavy atom. The minimum absolute atomic E-state index is 0.0389. The lowest BCUT2D eigenvalue weighted by molar-refractivity contribution is -0.121. The smallest absolute Gasteiger partial charge is 0.236 e. The van der Waals surface area contributed by atoms with Crippen molar-refractivity contribution in [3.05, 3.63) is 0 Å². The first-order valence-electron chi connectivity index (χ1n) is 6.71. The number of unbranched alkanes of at least 4 members (excludes halogenated alkanes) is 7. The van der Waals surface area contributed by atoms with Crippen LogP contribution in [0.3, 0.4) is 0 Å².